The van der Waals surface area contributed by atoms with Gasteiger partial charge >= 0.3 is 0 Å². The summed E-state index contributed by atoms with van der Waals surface area (Å²) in [7, 11) is 0. The van der Waals surface area contributed by atoms with Crippen molar-refractivity contribution in [2.75, 3.05) is 25.4 Å². The molecule has 6 heteroatoms. The fraction of sp³-hybridized carbons (Fsp3) is 0.316. The lowest BCUT2D eigenvalue weighted by atomic mass is 9.89. The zero-order valence-electron chi connectivity index (χ0n) is 13.9. The second-order valence-electron chi connectivity index (χ2n) is 6.09. The number of benzene rings is 2. The number of carbonyl (C=O) groups is 1. The molecule has 1 saturated heterocycles. The fourth-order valence-electron chi connectivity index (χ4n) is 3.17. The molecule has 0 aromatic heterocycles. The largest absolute Gasteiger partial charge is 0.508 e. The van der Waals surface area contributed by atoms with Gasteiger partial charge in [0, 0.05) is 23.9 Å². The first kappa shape index (κ1) is 19.6. The van der Waals surface area contributed by atoms with Crippen LogP contribution in [0.15, 0.2) is 59.5 Å². The summed E-state index contributed by atoms with van der Waals surface area (Å²) in [6.07, 6.45) is 0. The first-order valence-electron chi connectivity index (χ1n) is 8.12. The Morgan fingerprint density at radius 2 is 1.80 bits per heavy atom. The van der Waals surface area contributed by atoms with Crippen molar-refractivity contribution < 1.29 is 9.90 Å². The number of rotatable bonds is 5. The van der Waals surface area contributed by atoms with Crippen LogP contribution in [0.5, 0.6) is 5.75 Å². The van der Waals surface area contributed by atoms with Gasteiger partial charge < -0.3 is 15.7 Å². The molecule has 1 amide bonds. The predicted molar refractivity (Wildman–Crippen MR) is 104 cm³/mol. The van der Waals surface area contributed by atoms with Gasteiger partial charge in [0.25, 0.3) is 0 Å². The average molecular weight is 379 g/mol. The first-order chi connectivity index (χ1) is 11.7. The number of amides is 1. The highest BCUT2D eigenvalue weighted by Gasteiger charge is 2.34. The molecule has 2 atom stereocenters. The van der Waals surface area contributed by atoms with Crippen molar-refractivity contribution >= 4 is 30.1 Å². The minimum absolute atomic E-state index is 0. The van der Waals surface area contributed by atoms with E-state index in [-0.39, 0.29) is 24.1 Å². The van der Waals surface area contributed by atoms with Gasteiger partial charge in [0.1, 0.15) is 5.75 Å². The molecule has 0 radical (unpaired) electrons. The van der Waals surface area contributed by atoms with Crippen LogP contribution in [0.1, 0.15) is 11.5 Å². The minimum atomic E-state index is 0. The van der Waals surface area contributed by atoms with Gasteiger partial charge in [-0.05, 0) is 42.3 Å². The molecule has 1 aliphatic heterocycles. The molecule has 0 bridgehead atoms. The Hall–Kier alpha value is -1.69. The van der Waals surface area contributed by atoms with Gasteiger partial charge in [-0.15, -0.1) is 24.2 Å². The van der Waals surface area contributed by atoms with Gasteiger partial charge in [-0.2, -0.15) is 0 Å². The summed E-state index contributed by atoms with van der Waals surface area (Å²) < 4.78 is 0. The maximum atomic E-state index is 12.5. The van der Waals surface area contributed by atoms with Crippen molar-refractivity contribution in [3.63, 3.8) is 0 Å². The molecule has 1 aliphatic rings. The number of halogens is 1. The standard InChI is InChI=1S/C19H22N2O2S.ClH/c20-10-15-11-21(12-18(15)14-4-2-1-3-5-14)19(23)13-24-17-8-6-16(22)7-9-17;/h1-9,15,18,22H,10-13,20H2;1H/t15-,18+;/m1./s1. The van der Waals surface area contributed by atoms with Gasteiger partial charge in [0.05, 0.1) is 5.75 Å². The Morgan fingerprint density at radius 1 is 1.12 bits per heavy atom. The molecule has 0 spiro atoms. The summed E-state index contributed by atoms with van der Waals surface area (Å²) >= 11 is 1.50. The number of hydrogen-bond donors (Lipinski definition) is 2. The van der Waals surface area contributed by atoms with E-state index < -0.39 is 0 Å². The summed E-state index contributed by atoms with van der Waals surface area (Å²) in [6.45, 7) is 2.06. The number of carbonyl (C=O) groups excluding carboxylic acids is 1. The molecule has 1 heterocycles. The van der Waals surface area contributed by atoms with E-state index in [0.29, 0.717) is 24.1 Å². The highest BCUT2D eigenvalue weighted by atomic mass is 35.5. The third-order valence-electron chi connectivity index (χ3n) is 4.52. The van der Waals surface area contributed by atoms with E-state index in [1.807, 2.05) is 35.2 Å². The molecule has 2 aromatic rings. The second kappa shape index (κ2) is 9.13. The minimum Gasteiger partial charge on any atom is -0.508 e. The third kappa shape index (κ3) is 4.91. The number of likely N-dealkylation sites (tertiary alicyclic amines) is 1. The van der Waals surface area contributed by atoms with Crippen molar-refractivity contribution in [3.8, 4) is 5.75 Å². The molecule has 134 valence electrons. The Bertz CT molecular complexity index is 682. The zero-order chi connectivity index (χ0) is 16.9. The molecule has 3 N–H and O–H groups in total. The lowest BCUT2D eigenvalue weighted by molar-refractivity contribution is -0.127. The molecule has 2 aromatic carbocycles. The van der Waals surface area contributed by atoms with Gasteiger partial charge in [0.2, 0.25) is 5.91 Å². The topological polar surface area (TPSA) is 66.6 Å². The molecule has 0 unspecified atom stereocenters. The van der Waals surface area contributed by atoms with Gasteiger partial charge in [-0.3, -0.25) is 4.79 Å². The van der Waals surface area contributed by atoms with Gasteiger partial charge in [-0.25, -0.2) is 0 Å². The number of phenols is 1. The number of hydrogen-bond acceptors (Lipinski definition) is 4. The molecular formula is C19H23ClN2O2S. The molecule has 1 fully saturated rings. The maximum absolute atomic E-state index is 12.5. The summed E-state index contributed by atoms with van der Waals surface area (Å²) in [5, 5.41) is 9.30. The van der Waals surface area contributed by atoms with Crippen LogP contribution in [0, 0.1) is 5.92 Å². The second-order valence-corrected chi connectivity index (χ2v) is 7.14. The number of nitrogens with two attached hydrogens (primary N) is 1. The van der Waals surface area contributed by atoms with Crippen molar-refractivity contribution in [3.05, 3.63) is 60.2 Å². The van der Waals surface area contributed by atoms with Crippen LogP contribution in [0.3, 0.4) is 0 Å². The van der Waals surface area contributed by atoms with Crippen LogP contribution in [0.4, 0.5) is 0 Å². The Morgan fingerprint density at radius 3 is 2.44 bits per heavy atom. The van der Waals surface area contributed by atoms with E-state index in [1.54, 1.807) is 12.1 Å². The van der Waals surface area contributed by atoms with Crippen molar-refractivity contribution in [1.82, 2.24) is 4.90 Å². The maximum Gasteiger partial charge on any atom is 0.232 e. The quantitative estimate of drug-likeness (QED) is 0.784. The zero-order valence-corrected chi connectivity index (χ0v) is 15.5. The van der Waals surface area contributed by atoms with E-state index in [1.165, 1.54) is 17.3 Å². The Labute approximate surface area is 158 Å². The molecular weight excluding hydrogens is 356 g/mol. The molecule has 0 aliphatic carbocycles. The van der Waals surface area contributed by atoms with Crippen LogP contribution in [0.25, 0.3) is 0 Å². The lowest BCUT2D eigenvalue weighted by Gasteiger charge is -2.16. The van der Waals surface area contributed by atoms with E-state index in [0.717, 1.165) is 18.0 Å². The smallest absolute Gasteiger partial charge is 0.232 e. The van der Waals surface area contributed by atoms with Crippen LogP contribution in [-0.2, 0) is 4.79 Å². The predicted octanol–water partition coefficient (Wildman–Crippen LogP) is 3.11. The summed E-state index contributed by atoms with van der Waals surface area (Å²) in [5.41, 5.74) is 7.19. The lowest BCUT2D eigenvalue weighted by Crippen LogP contribution is -2.31. The third-order valence-corrected chi connectivity index (χ3v) is 5.52. The normalized spacial score (nSPS) is 19.5. The van der Waals surface area contributed by atoms with Crippen LogP contribution < -0.4 is 5.73 Å². The van der Waals surface area contributed by atoms with E-state index >= 15 is 0 Å². The van der Waals surface area contributed by atoms with E-state index in [4.69, 9.17) is 5.73 Å². The number of thioether (sulfide) groups is 1. The molecule has 3 rings (SSSR count). The summed E-state index contributed by atoms with van der Waals surface area (Å²) in [6, 6.07) is 17.2. The Kier molecular flexibility index (Phi) is 7.17. The van der Waals surface area contributed by atoms with Gasteiger partial charge in [-0.1, -0.05) is 30.3 Å². The first-order valence-corrected chi connectivity index (χ1v) is 9.10. The van der Waals surface area contributed by atoms with Crippen molar-refractivity contribution in [2.24, 2.45) is 11.7 Å². The molecule has 25 heavy (non-hydrogen) atoms. The molecule has 0 saturated carbocycles. The number of aromatic hydroxyl groups is 1. The van der Waals surface area contributed by atoms with Crippen LogP contribution in [0.2, 0.25) is 0 Å². The van der Waals surface area contributed by atoms with Crippen molar-refractivity contribution in [1.29, 1.82) is 0 Å². The van der Waals surface area contributed by atoms with Crippen molar-refractivity contribution in [2.45, 2.75) is 10.8 Å². The average Bonchev–Trinajstić information content (AvgIpc) is 3.06. The van der Waals surface area contributed by atoms with E-state index in [2.05, 4.69) is 12.1 Å². The number of phenolic OH excluding ortho intramolecular Hbond substituents is 1. The van der Waals surface area contributed by atoms with Crippen LogP contribution >= 0.6 is 24.2 Å². The van der Waals surface area contributed by atoms with E-state index in [9.17, 15) is 9.90 Å². The highest BCUT2D eigenvalue weighted by Crippen LogP contribution is 2.32. The number of nitrogens with zero attached hydrogens (tertiary/aromatic N) is 1. The highest BCUT2D eigenvalue weighted by molar-refractivity contribution is 8.00. The van der Waals surface area contributed by atoms with Gasteiger partial charge in [0.15, 0.2) is 0 Å². The monoisotopic (exact) mass is 378 g/mol. The summed E-state index contributed by atoms with van der Waals surface area (Å²) in [5.74, 6) is 1.42. The molecule has 4 nitrogen and oxygen atoms in total. The Balaban J connectivity index is 0.00000225. The van der Waals surface area contributed by atoms with Crippen LogP contribution in [-0.4, -0.2) is 41.3 Å². The fourth-order valence-corrected chi connectivity index (χ4v) is 3.97. The summed E-state index contributed by atoms with van der Waals surface area (Å²) in [4.78, 5) is 15.5. The SMILES string of the molecule is Cl.NC[C@@H]1CN(C(=O)CSc2ccc(O)cc2)C[C@H]1c1ccccc1.